The second-order valence-corrected chi connectivity index (χ2v) is 7.81. The molecule has 1 amide bonds. The Labute approximate surface area is 147 Å². The summed E-state index contributed by atoms with van der Waals surface area (Å²) < 4.78 is 44.9. The Morgan fingerprint density at radius 3 is 2.76 bits per heavy atom. The molecule has 7 nitrogen and oxygen atoms in total. The number of anilines is 1. The lowest BCUT2D eigenvalue weighted by Gasteiger charge is -2.26. The number of morpholine rings is 1. The van der Waals surface area contributed by atoms with Crippen molar-refractivity contribution in [3.05, 3.63) is 30.1 Å². The van der Waals surface area contributed by atoms with Gasteiger partial charge in [0.05, 0.1) is 30.6 Å². The molecular formula is C16H24FN3O4S. The van der Waals surface area contributed by atoms with Crippen LogP contribution in [0.4, 0.5) is 10.1 Å². The molecule has 0 aromatic heterocycles. The van der Waals surface area contributed by atoms with Crippen molar-refractivity contribution in [1.29, 1.82) is 0 Å². The predicted molar refractivity (Wildman–Crippen MR) is 93.2 cm³/mol. The third kappa shape index (κ3) is 6.97. The third-order valence-electron chi connectivity index (χ3n) is 3.85. The van der Waals surface area contributed by atoms with E-state index in [2.05, 4.69) is 14.9 Å². The monoisotopic (exact) mass is 373 g/mol. The average molecular weight is 373 g/mol. The zero-order valence-corrected chi connectivity index (χ0v) is 15.0. The van der Waals surface area contributed by atoms with Crippen LogP contribution >= 0.6 is 0 Å². The minimum absolute atomic E-state index is 0.139. The Balaban J connectivity index is 1.76. The third-order valence-corrected chi connectivity index (χ3v) is 5.33. The van der Waals surface area contributed by atoms with Gasteiger partial charge in [-0.2, -0.15) is 0 Å². The largest absolute Gasteiger partial charge is 0.379 e. The van der Waals surface area contributed by atoms with Gasteiger partial charge in [-0.15, -0.1) is 0 Å². The standard InChI is InChI=1S/C16H24FN3O4S/c1-13(16(21)18-5-6-20-7-9-24-10-8-20)12-25(22,23)19-15-4-2-3-14(17)11-15/h2-4,11,13,19H,5-10,12H2,1H3,(H,18,21). The molecule has 1 unspecified atom stereocenters. The van der Waals surface area contributed by atoms with Crippen molar-refractivity contribution in [1.82, 2.24) is 10.2 Å². The van der Waals surface area contributed by atoms with E-state index in [1.807, 2.05) is 0 Å². The van der Waals surface area contributed by atoms with Gasteiger partial charge in [0.2, 0.25) is 15.9 Å². The van der Waals surface area contributed by atoms with E-state index in [4.69, 9.17) is 4.74 Å². The molecule has 9 heteroatoms. The second-order valence-electron chi connectivity index (χ2n) is 6.04. The number of amides is 1. The van der Waals surface area contributed by atoms with Crippen molar-refractivity contribution in [2.75, 3.05) is 49.9 Å². The van der Waals surface area contributed by atoms with Crippen molar-refractivity contribution in [2.45, 2.75) is 6.92 Å². The molecule has 0 spiro atoms. The van der Waals surface area contributed by atoms with Crippen LogP contribution in [0.5, 0.6) is 0 Å². The summed E-state index contributed by atoms with van der Waals surface area (Å²) in [5.74, 6) is -1.94. The smallest absolute Gasteiger partial charge is 0.233 e. The number of halogens is 1. The van der Waals surface area contributed by atoms with Crippen molar-refractivity contribution in [3.63, 3.8) is 0 Å². The number of nitrogens with one attached hydrogen (secondary N) is 2. The molecule has 1 aliphatic rings. The molecule has 0 saturated carbocycles. The molecule has 1 aliphatic heterocycles. The number of carbonyl (C=O) groups is 1. The highest BCUT2D eigenvalue weighted by molar-refractivity contribution is 7.92. The lowest BCUT2D eigenvalue weighted by molar-refractivity contribution is -0.123. The van der Waals surface area contributed by atoms with Crippen LogP contribution in [0.1, 0.15) is 6.92 Å². The summed E-state index contributed by atoms with van der Waals surface area (Å²) in [6.07, 6.45) is 0. The van der Waals surface area contributed by atoms with Gasteiger partial charge >= 0.3 is 0 Å². The van der Waals surface area contributed by atoms with Crippen LogP contribution < -0.4 is 10.0 Å². The summed E-state index contributed by atoms with van der Waals surface area (Å²) >= 11 is 0. The van der Waals surface area contributed by atoms with Gasteiger partial charge in [-0.05, 0) is 18.2 Å². The maximum Gasteiger partial charge on any atom is 0.233 e. The molecule has 0 bridgehead atoms. The lowest BCUT2D eigenvalue weighted by atomic mass is 10.2. The Morgan fingerprint density at radius 2 is 2.08 bits per heavy atom. The van der Waals surface area contributed by atoms with Crippen LogP contribution in [0.3, 0.4) is 0 Å². The zero-order chi connectivity index (χ0) is 18.3. The minimum atomic E-state index is -3.75. The molecule has 1 fully saturated rings. The van der Waals surface area contributed by atoms with E-state index in [0.29, 0.717) is 26.3 Å². The van der Waals surface area contributed by atoms with Crippen molar-refractivity contribution < 1.29 is 22.3 Å². The Kier molecular flexibility index (Phi) is 7.15. The van der Waals surface area contributed by atoms with E-state index < -0.39 is 21.8 Å². The molecule has 1 saturated heterocycles. The quantitative estimate of drug-likeness (QED) is 0.699. The maximum atomic E-state index is 13.1. The summed E-state index contributed by atoms with van der Waals surface area (Å²) in [6.45, 7) is 5.75. The first-order valence-electron chi connectivity index (χ1n) is 8.19. The van der Waals surface area contributed by atoms with Gasteiger partial charge in [0, 0.05) is 26.2 Å². The number of nitrogens with zero attached hydrogens (tertiary/aromatic N) is 1. The van der Waals surface area contributed by atoms with Crippen molar-refractivity contribution >= 4 is 21.6 Å². The molecule has 0 radical (unpaired) electrons. The fraction of sp³-hybridized carbons (Fsp3) is 0.562. The van der Waals surface area contributed by atoms with Crippen LogP contribution in [0.2, 0.25) is 0 Å². The van der Waals surface area contributed by atoms with Gasteiger partial charge in [0.1, 0.15) is 5.82 Å². The van der Waals surface area contributed by atoms with Crippen LogP contribution in [0.15, 0.2) is 24.3 Å². The molecule has 1 aromatic rings. The molecule has 0 aliphatic carbocycles. The fourth-order valence-corrected chi connectivity index (χ4v) is 3.89. The Hall–Kier alpha value is -1.71. The first kappa shape index (κ1) is 19.6. The van der Waals surface area contributed by atoms with Gasteiger partial charge < -0.3 is 10.1 Å². The number of ether oxygens (including phenoxy) is 1. The molecule has 2 rings (SSSR count). The minimum Gasteiger partial charge on any atom is -0.379 e. The van der Waals surface area contributed by atoms with Crippen LogP contribution in [0, 0.1) is 11.7 Å². The molecule has 1 heterocycles. The van der Waals surface area contributed by atoms with Crippen LogP contribution in [-0.4, -0.2) is 64.4 Å². The van der Waals surface area contributed by atoms with Gasteiger partial charge in [-0.25, -0.2) is 12.8 Å². The number of hydrogen-bond donors (Lipinski definition) is 2. The zero-order valence-electron chi connectivity index (χ0n) is 14.2. The summed E-state index contributed by atoms with van der Waals surface area (Å²) in [5.41, 5.74) is 0.139. The van der Waals surface area contributed by atoms with E-state index in [1.54, 1.807) is 6.92 Å². The number of carbonyl (C=O) groups excluding carboxylic acids is 1. The first-order valence-corrected chi connectivity index (χ1v) is 9.85. The van der Waals surface area contributed by atoms with E-state index in [9.17, 15) is 17.6 Å². The topological polar surface area (TPSA) is 87.7 Å². The molecule has 1 atom stereocenters. The molecule has 1 aromatic carbocycles. The summed E-state index contributed by atoms with van der Waals surface area (Å²) in [4.78, 5) is 14.2. The van der Waals surface area contributed by atoms with E-state index >= 15 is 0 Å². The van der Waals surface area contributed by atoms with Gasteiger partial charge in [0.25, 0.3) is 0 Å². The summed E-state index contributed by atoms with van der Waals surface area (Å²) in [6, 6.07) is 5.18. The van der Waals surface area contributed by atoms with E-state index in [0.717, 1.165) is 19.2 Å². The normalized spacial score (nSPS) is 17.0. The van der Waals surface area contributed by atoms with Crippen LogP contribution in [0.25, 0.3) is 0 Å². The molecule has 25 heavy (non-hydrogen) atoms. The average Bonchev–Trinajstić information content (AvgIpc) is 2.54. The Morgan fingerprint density at radius 1 is 1.36 bits per heavy atom. The number of rotatable bonds is 8. The number of benzene rings is 1. The molecular weight excluding hydrogens is 349 g/mol. The SMILES string of the molecule is CC(CS(=O)(=O)Nc1cccc(F)c1)C(=O)NCCN1CCOCC1. The highest BCUT2D eigenvalue weighted by Gasteiger charge is 2.22. The maximum absolute atomic E-state index is 13.1. The first-order chi connectivity index (χ1) is 11.9. The summed E-state index contributed by atoms with van der Waals surface area (Å²) in [5, 5.41) is 2.75. The van der Waals surface area contributed by atoms with E-state index in [1.165, 1.54) is 18.2 Å². The predicted octanol–water partition coefficient (Wildman–Crippen LogP) is 0.652. The van der Waals surface area contributed by atoms with Gasteiger partial charge in [0.15, 0.2) is 0 Å². The lowest BCUT2D eigenvalue weighted by Crippen LogP contribution is -2.43. The number of hydrogen-bond acceptors (Lipinski definition) is 5. The summed E-state index contributed by atoms with van der Waals surface area (Å²) in [7, 11) is -3.75. The fourth-order valence-electron chi connectivity index (χ4n) is 2.51. The van der Waals surface area contributed by atoms with Gasteiger partial charge in [-0.1, -0.05) is 13.0 Å². The molecule has 140 valence electrons. The van der Waals surface area contributed by atoms with E-state index in [-0.39, 0.29) is 17.3 Å². The number of sulfonamides is 1. The van der Waals surface area contributed by atoms with Gasteiger partial charge in [-0.3, -0.25) is 14.4 Å². The highest BCUT2D eigenvalue weighted by Crippen LogP contribution is 2.12. The van der Waals surface area contributed by atoms with Crippen molar-refractivity contribution in [3.8, 4) is 0 Å². The molecule has 2 N–H and O–H groups in total. The van der Waals surface area contributed by atoms with Crippen molar-refractivity contribution in [2.24, 2.45) is 5.92 Å². The Bertz CT molecular complexity index is 678. The second kappa shape index (κ2) is 9.12. The van der Waals surface area contributed by atoms with Crippen LogP contribution in [-0.2, 0) is 19.6 Å². The highest BCUT2D eigenvalue weighted by atomic mass is 32.2.